The highest BCUT2D eigenvalue weighted by molar-refractivity contribution is 5.90. The van der Waals surface area contributed by atoms with Crippen molar-refractivity contribution in [3.05, 3.63) is 41.5 Å². The lowest BCUT2D eigenvalue weighted by molar-refractivity contribution is 0.471. The van der Waals surface area contributed by atoms with E-state index in [1.54, 1.807) is 0 Å². The van der Waals surface area contributed by atoms with Gasteiger partial charge >= 0.3 is 0 Å². The Hall–Kier alpha value is -1.50. The fourth-order valence-corrected chi connectivity index (χ4v) is 2.25. The zero-order valence-corrected chi connectivity index (χ0v) is 11.9. The SMILES string of the molecule is CC(C)c1ccc2ccc(C(C)(C)C)cc2c1O. The van der Waals surface area contributed by atoms with E-state index in [9.17, 15) is 5.11 Å². The number of phenolic OH excluding ortho intramolecular Hbond substituents is 1. The predicted molar refractivity (Wildman–Crippen MR) is 78.4 cm³/mol. The molecular formula is C17H22O. The van der Waals surface area contributed by atoms with Crippen LogP contribution in [0.25, 0.3) is 10.8 Å². The molecule has 0 amide bonds. The normalized spacial score (nSPS) is 12.3. The van der Waals surface area contributed by atoms with Gasteiger partial charge in [0, 0.05) is 5.39 Å². The van der Waals surface area contributed by atoms with Gasteiger partial charge in [-0.1, -0.05) is 58.9 Å². The summed E-state index contributed by atoms with van der Waals surface area (Å²) in [7, 11) is 0. The molecule has 18 heavy (non-hydrogen) atoms. The summed E-state index contributed by atoms with van der Waals surface area (Å²) in [5.41, 5.74) is 2.38. The number of aromatic hydroxyl groups is 1. The van der Waals surface area contributed by atoms with Gasteiger partial charge in [-0.15, -0.1) is 0 Å². The molecule has 2 aromatic carbocycles. The molecule has 0 atom stereocenters. The molecule has 0 saturated heterocycles. The van der Waals surface area contributed by atoms with Crippen molar-refractivity contribution in [3.63, 3.8) is 0 Å². The molecule has 0 aromatic heterocycles. The highest BCUT2D eigenvalue weighted by Gasteiger charge is 2.16. The predicted octanol–water partition coefficient (Wildman–Crippen LogP) is 4.97. The van der Waals surface area contributed by atoms with Crippen molar-refractivity contribution < 1.29 is 5.11 Å². The lowest BCUT2D eigenvalue weighted by atomic mass is 9.85. The maximum atomic E-state index is 10.4. The number of phenols is 1. The summed E-state index contributed by atoms with van der Waals surface area (Å²) in [6.45, 7) is 10.8. The minimum atomic E-state index is 0.106. The number of hydrogen-bond acceptors (Lipinski definition) is 1. The Kier molecular flexibility index (Phi) is 3.10. The molecule has 0 unspecified atom stereocenters. The van der Waals surface area contributed by atoms with Crippen molar-refractivity contribution >= 4 is 10.8 Å². The fraction of sp³-hybridized carbons (Fsp3) is 0.412. The van der Waals surface area contributed by atoms with Crippen LogP contribution in [0.4, 0.5) is 0 Å². The summed E-state index contributed by atoms with van der Waals surface area (Å²) in [4.78, 5) is 0. The van der Waals surface area contributed by atoms with E-state index in [-0.39, 0.29) is 5.41 Å². The molecule has 0 saturated carbocycles. The number of fused-ring (bicyclic) bond motifs is 1. The monoisotopic (exact) mass is 242 g/mol. The average molecular weight is 242 g/mol. The first-order chi connectivity index (χ1) is 8.30. The highest BCUT2D eigenvalue weighted by Crippen LogP contribution is 2.35. The minimum absolute atomic E-state index is 0.106. The van der Waals surface area contributed by atoms with E-state index in [0.717, 1.165) is 16.3 Å². The molecule has 2 aromatic rings. The third-order valence-corrected chi connectivity index (χ3v) is 3.51. The maximum absolute atomic E-state index is 10.4. The summed E-state index contributed by atoms with van der Waals surface area (Å²) in [5.74, 6) is 0.779. The first-order valence-electron chi connectivity index (χ1n) is 6.57. The molecule has 1 nitrogen and oxygen atoms in total. The first-order valence-corrected chi connectivity index (χ1v) is 6.57. The molecule has 0 aliphatic carbocycles. The molecule has 0 spiro atoms. The summed E-state index contributed by atoms with van der Waals surface area (Å²) in [6, 6.07) is 10.5. The Morgan fingerprint density at radius 1 is 1.00 bits per heavy atom. The molecule has 2 rings (SSSR count). The largest absolute Gasteiger partial charge is 0.507 e. The van der Waals surface area contributed by atoms with Crippen LogP contribution in [0.3, 0.4) is 0 Å². The van der Waals surface area contributed by atoms with Crippen molar-refractivity contribution in [1.82, 2.24) is 0 Å². The third-order valence-electron chi connectivity index (χ3n) is 3.51. The molecule has 96 valence electrons. The van der Waals surface area contributed by atoms with Crippen LogP contribution >= 0.6 is 0 Å². The highest BCUT2D eigenvalue weighted by atomic mass is 16.3. The Morgan fingerprint density at radius 2 is 1.61 bits per heavy atom. The van der Waals surface area contributed by atoms with E-state index in [0.29, 0.717) is 11.7 Å². The zero-order valence-electron chi connectivity index (χ0n) is 11.9. The lowest BCUT2D eigenvalue weighted by Gasteiger charge is -2.20. The second kappa shape index (κ2) is 4.31. The molecule has 0 bridgehead atoms. The van der Waals surface area contributed by atoms with Gasteiger partial charge in [0.15, 0.2) is 0 Å². The van der Waals surface area contributed by atoms with Gasteiger partial charge in [0.2, 0.25) is 0 Å². The number of hydrogen-bond donors (Lipinski definition) is 1. The van der Waals surface area contributed by atoms with Crippen LogP contribution in [0.1, 0.15) is 51.7 Å². The van der Waals surface area contributed by atoms with Crippen molar-refractivity contribution in [2.45, 2.75) is 46.0 Å². The van der Waals surface area contributed by atoms with E-state index < -0.39 is 0 Å². The van der Waals surface area contributed by atoms with Gasteiger partial charge in [-0.25, -0.2) is 0 Å². The van der Waals surface area contributed by atoms with Crippen LogP contribution in [0.2, 0.25) is 0 Å². The topological polar surface area (TPSA) is 20.2 Å². The van der Waals surface area contributed by atoms with Gasteiger partial charge in [0.05, 0.1) is 0 Å². The maximum Gasteiger partial charge on any atom is 0.126 e. The van der Waals surface area contributed by atoms with Gasteiger partial charge in [0.25, 0.3) is 0 Å². The summed E-state index contributed by atoms with van der Waals surface area (Å²) >= 11 is 0. The van der Waals surface area contributed by atoms with Crippen LogP contribution in [0.5, 0.6) is 5.75 Å². The first kappa shape index (κ1) is 12.9. The number of benzene rings is 2. The summed E-state index contributed by atoms with van der Waals surface area (Å²) in [6.07, 6.45) is 0. The molecule has 0 radical (unpaired) electrons. The van der Waals surface area contributed by atoms with Crippen LogP contribution < -0.4 is 0 Å². The molecule has 1 heteroatoms. The van der Waals surface area contributed by atoms with Crippen molar-refractivity contribution in [2.75, 3.05) is 0 Å². The van der Waals surface area contributed by atoms with E-state index in [1.807, 2.05) is 6.07 Å². The van der Waals surface area contributed by atoms with Crippen LogP contribution in [0.15, 0.2) is 30.3 Å². The van der Waals surface area contributed by atoms with Crippen molar-refractivity contribution in [1.29, 1.82) is 0 Å². The van der Waals surface area contributed by atoms with E-state index in [1.165, 1.54) is 5.56 Å². The Balaban J connectivity index is 2.71. The standard InChI is InChI=1S/C17H22O/c1-11(2)14-9-7-12-6-8-13(17(3,4)5)10-15(12)16(14)18/h6-11,18H,1-5H3. The van der Waals surface area contributed by atoms with Gasteiger partial charge in [-0.2, -0.15) is 0 Å². The van der Waals surface area contributed by atoms with E-state index in [4.69, 9.17) is 0 Å². The van der Waals surface area contributed by atoms with Crippen LogP contribution in [-0.2, 0) is 5.41 Å². The smallest absolute Gasteiger partial charge is 0.126 e. The third kappa shape index (κ3) is 2.22. The Bertz CT molecular complexity index is 574. The molecule has 1 N–H and O–H groups in total. The quantitative estimate of drug-likeness (QED) is 0.748. The number of rotatable bonds is 1. The molecular weight excluding hydrogens is 220 g/mol. The summed E-state index contributed by atoms with van der Waals surface area (Å²) < 4.78 is 0. The van der Waals surface area contributed by atoms with Crippen LogP contribution in [0, 0.1) is 0 Å². The van der Waals surface area contributed by atoms with Crippen molar-refractivity contribution in [3.8, 4) is 5.75 Å². The van der Waals surface area contributed by atoms with E-state index in [2.05, 4.69) is 58.9 Å². The minimum Gasteiger partial charge on any atom is -0.507 e. The van der Waals surface area contributed by atoms with Gasteiger partial charge in [-0.05, 0) is 33.9 Å². The van der Waals surface area contributed by atoms with Gasteiger partial charge in [-0.3, -0.25) is 0 Å². The Morgan fingerprint density at radius 3 is 2.17 bits per heavy atom. The Labute approximate surface area is 109 Å². The van der Waals surface area contributed by atoms with Gasteiger partial charge < -0.3 is 5.11 Å². The van der Waals surface area contributed by atoms with Crippen LogP contribution in [-0.4, -0.2) is 5.11 Å². The van der Waals surface area contributed by atoms with Gasteiger partial charge in [0.1, 0.15) is 5.75 Å². The molecule has 0 aliphatic heterocycles. The fourth-order valence-electron chi connectivity index (χ4n) is 2.25. The zero-order chi connectivity index (χ0) is 13.5. The van der Waals surface area contributed by atoms with E-state index >= 15 is 0 Å². The summed E-state index contributed by atoms with van der Waals surface area (Å²) in [5, 5.41) is 12.5. The second-order valence-corrected chi connectivity index (χ2v) is 6.34. The average Bonchev–Trinajstić information content (AvgIpc) is 2.27. The molecule has 0 aliphatic rings. The lowest BCUT2D eigenvalue weighted by Crippen LogP contribution is -2.10. The second-order valence-electron chi connectivity index (χ2n) is 6.34. The molecule has 0 heterocycles. The van der Waals surface area contributed by atoms with Crippen molar-refractivity contribution in [2.24, 2.45) is 0 Å². The molecule has 0 fully saturated rings.